The van der Waals surface area contributed by atoms with Crippen LogP contribution < -0.4 is 30.5 Å². The van der Waals surface area contributed by atoms with Crippen LogP contribution in [0.15, 0.2) is 194 Å². The van der Waals surface area contributed by atoms with Crippen LogP contribution in [0.1, 0.15) is 86.5 Å². The molecule has 11 aliphatic rings. The molecular formula is C68H60N2Si. The number of fused-ring (bicyclic) bond motifs is 7. The smallest absolute Gasteiger partial charge is 0.180 e. The Morgan fingerprint density at radius 3 is 1.07 bits per heavy atom. The predicted octanol–water partition coefficient (Wildman–Crippen LogP) is 14.1. The summed E-state index contributed by atoms with van der Waals surface area (Å²) in [6.07, 6.45) is 14.0. The van der Waals surface area contributed by atoms with Gasteiger partial charge >= 0.3 is 0 Å². The summed E-state index contributed by atoms with van der Waals surface area (Å²) in [5, 5.41) is 5.88. The Hall–Kier alpha value is -6.42. The Morgan fingerprint density at radius 2 is 0.662 bits per heavy atom. The first kappa shape index (κ1) is 40.2. The maximum absolute atomic E-state index is 2.88. The Bertz CT molecular complexity index is 3300. The third-order valence-corrected chi connectivity index (χ3v) is 26.1. The Morgan fingerprint density at radius 1 is 0.310 bits per heavy atom. The zero-order valence-electron chi connectivity index (χ0n) is 40.6. The van der Waals surface area contributed by atoms with Crippen LogP contribution in [-0.4, -0.2) is 8.07 Å². The molecule has 0 unspecified atom stereocenters. The van der Waals surface area contributed by atoms with Gasteiger partial charge in [0.15, 0.2) is 8.07 Å². The van der Waals surface area contributed by atoms with Gasteiger partial charge in [-0.25, -0.2) is 0 Å². The summed E-state index contributed by atoms with van der Waals surface area (Å²) in [5.74, 6) is 6.48. The lowest BCUT2D eigenvalue weighted by Crippen LogP contribution is -2.72. The van der Waals surface area contributed by atoms with Crippen LogP contribution in [0.5, 0.6) is 0 Å². The lowest BCUT2D eigenvalue weighted by atomic mass is 9.41. The molecule has 346 valence electrons. The maximum Gasteiger partial charge on any atom is 0.180 e. The minimum atomic E-state index is -2.88. The average molecular weight is 933 g/mol. The molecule has 0 atom stereocenters. The fourth-order valence-electron chi connectivity index (χ4n) is 19.5. The Balaban J connectivity index is 0.881. The van der Waals surface area contributed by atoms with Gasteiger partial charge in [-0.1, -0.05) is 146 Å². The van der Waals surface area contributed by atoms with E-state index in [9.17, 15) is 0 Å². The van der Waals surface area contributed by atoms with Crippen LogP contribution in [0.2, 0.25) is 0 Å². The Labute approximate surface area is 420 Å². The zero-order chi connectivity index (χ0) is 46.2. The van der Waals surface area contributed by atoms with Gasteiger partial charge in [0.1, 0.15) is 0 Å². The minimum Gasteiger partial charge on any atom is -0.310 e. The first-order valence-electron chi connectivity index (χ1n) is 27.5. The van der Waals surface area contributed by atoms with E-state index < -0.39 is 8.07 Å². The number of hydrogen-bond donors (Lipinski definition) is 0. The van der Waals surface area contributed by atoms with Crippen LogP contribution in [0.25, 0.3) is 11.1 Å². The molecule has 0 aromatic heterocycles. The highest BCUT2D eigenvalue weighted by atomic mass is 28.3. The molecule has 0 saturated heterocycles. The van der Waals surface area contributed by atoms with Crippen molar-refractivity contribution in [1.29, 1.82) is 0 Å². The normalized spacial score (nSPS) is 28.3. The Kier molecular flexibility index (Phi) is 8.14. The van der Waals surface area contributed by atoms with Gasteiger partial charge in [0.05, 0.1) is 22.7 Å². The second-order valence-corrected chi connectivity index (χ2v) is 27.8. The highest BCUT2D eigenvalue weighted by Crippen LogP contribution is 2.71. The number of hydrogen-bond acceptors (Lipinski definition) is 2. The molecule has 2 nitrogen and oxygen atoms in total. The van der Waals surface area contributed by atoms with Gasteiger partial charge in [-0.2, -0.15) is 0 Å². The fraction of sp³-hybridized carbons (Fsp3) is 0.294. The van der Waals surface area contributed by atoms with Crippen molar-refractivity contribution in [3.8, 4) is 11.1 Å². The van der Waals surface area contributed by atoms with Crippen molar-refractivity contribution in [1.82, 2.24) is 0 Å². The second kappa shape index (κ2) is 14.4. The molecule has 8 aromatic rings. The molecule has 19 rings (SSSR count). The van der Waals surface area contributed by atoms with Crippen LogP contribution in [0, 0.1) is 47.3 Å². The first-order valence-corrected chi connectivity index (χ1v) is 29.5. The van der Waals surface area contributed by atoms with Gasteiger partial charge in [0, 0.05) is 22.2 Å². The number of anilines is 6. The molecule has 3 heterocycles. The molecule has 8 saturated carbocycles. The second-order valence-electron chi connectivity index (χ2n) is 24.0. The summed E-state index contributed by atoms with van der Waals surface area (Å²) in [6.45, 7) is 0. The standard InChI is InChI=1S/C68H60N2Si/c1-3-15-53(16-4-1)71(54-17-5-2-6-18-54)65-30-28-51(69-61-23-11-7-19-57(61)67(58-20-8-12-24-62(58)69)47-33-43-31-44(35-47)36-48(67)34-43)41-56(65)55-29-27-52(42-66(55)71)70-63-25-13-9-21-59(63)68(60-22-10-14-26-64(60)70)49-37-45-32-46(39-49)40-50(68)38-45/h1-30,41-50H,31-40H2. The van der Waals surface area contributed by atoms with Crippen molar-refractivity contribution in [3.63, 3.8) is 0 Å². The summed E-state index contributed by atoms with van der Waals surface area (Å²) in [6, 6.07) is 77.3. The average Bonchev–Trinajstić information content (AvgIpc) is 3.71. The predicted molar refractivity (Wildman–Crippen MR) is 294 cm³/mol. The van der Waals surface area contributed by atoms with Crippen LogP contribution in [-0.2, 0) is 10.8 Å². The molecule has 8 aliphatic carbocycles. The number of rotatable bonds is 4. The van der Waals surface area contributed by atoms with E-state index >= 15 is 0 Å². The molecule has 2 spiro atoms. The lowest BCUT2D eigenvalue weighted by Gasteiger charge is -2.64. The van der Waals surface area contributed by atoms with E-state index in [1.807, 2.05) is 0 Å². The van der Waals surface area contributed by atoms with E-state index in [4.69, 9.17) is 0 Å². The van der Waals surface area contributed by atoms with Crippen LogP contribution in [0.4, 0.5) is 34.1 Å². The monoisotopic (exact) mass is 932 g/mol. The minimum absolute atomic E-state index is 0.0779. The van der Waals surface area contributed by atoms with Crippen LogP contribution >= 0.6 is 0 Å². The topological polar surface area (TPSA) is 6.48 Å². The lowest BCUT2D eigenvalue weighted by molar-refractivity contribution is -0.0419. The van der Waals surface area contributed by atoms with Crippen molar-refractivity contribution in [2.45, 2.75) is 75.0 Å². The van der Waals surface area contributed by atoms with Crippen molar-refractivity contribution in [3.05, 3.63) is 216 Å². The molecule has 0 N–H and O–H groups in total. The number of para-hydroxylation sites is 4. The van der Waals surface area contributed by atoms with Crippen molar-refractivity contribution < 1.29 is 0 Å². The molecule has 3 heteroatoms. The highest BCUT2D eigenvalue weighted by Gasteiger charge is 2.63. The maximum atomic E-state index is 2.69. The molecule has 0 radical (unpaired) electrons. The molecule has 8 bridgehead atoms. The van der Waals surface area contributed by atoms with E-state index in [1.165, 1.54) is 130 Å². The molecule has 71 heavy (non-hydrogen) atoms. The summed E-state index contributed by atoms with van der Waals surface area (Å²) >= 11 is 0. The quantitative estimate of drug-likeness (QED) is 0.162. The van der Waals surface area contributed by atoms with Gasteiger partial charge < -0.3 is 9.80 Å². The van der Waals surface area contributed by atoms with Crippen LogP contribution in [0.3, 0.4) is 0 Å². The SMILES string of the molecule is c1ccc([Si]2(c3ccccc3)c3ccc(N4c5ccccc5C5(c6ccccc64)C4CC6CC(C4)CC5C6)cc3-c3ccc(N4c5ccccc5C5(c6ccccc64)C4CC6CC(C4)CC5C6)cc32)cc1. The van der Waals surface area contributed by atoms with Crippen molar-refractivity contribution in [2.75, 3.05) is 9.80 Å². The molecule has 8 aromatic carbocycles. The first-order chi connectivity index (χ1) is 35.1. The summed E-state index contributed by atoms with van der Waals surface area (Å²) in [4.78, 5) is 5.36. The van der Waals surface area contributed by atoms with Gasteiger partial charge in [0.25, 0.3) is 0 Å². The van der Waals surface area contributed by atoms with Gasteiger partial charge in [-0.15, -0.1) is 0 Å². The third-order valence-electron chi connectivity index (χ3n) is 21.2. The zero-order valence-corrected chi connectivity index (χ0v) is 41.6. The molecular weight excluding hydrogens is 873 g/mol. The van der Waals surface area contributed by atoms with E-state index in [2.05, 4.69) is 204 Å². The van der Waals surface area contributed by atoms with Gasteiger partial charge in [0.2, 0.25) is 0 Å². The summed E-state index contributed by atoms with van der Waals surface area (Å²) in [7, 11) is -2.88. The van der Waals surface area contributed by atoms with Gasteiger partial charge in [-0.05, 0) is 214 Å². The van der Waals surface area contributed by atoms with E-state index in [1.54, 1.807) is 22.3 Å². The van der Waals surface area contributed by atoms with E-state index in [0.29, 0.717) is 23.7 Å². The van der Waals surface area contributed by atoms with E-state index in [-0.39, 0.29) is 10.8 Å². The summed E-state index contributed by atoms with van der Waals surface area (Å²) < 4.78 is 0. The number of benzene rings is 8. The summed E-state index contributed by atoms with van der Waals surface area (Å²) in [5.41, 5.74) is 17.4. The highest BCUT2D eigenvalue weighted by molar-refractivity contribution is 7.22. The number of nitrogens with zero attached hydrogens (tertiary/aromatic N) is 2. The largest absolute Gasteiger partial charge is 0.310 e. The molecule has 3 aliphatic heterocycles. The van der Waals surface area contributed by atoms with Crippen molar-refractivity contribution in [2.24, 2.45) is 47.3 Å². The van der Waals surface area contributed by atoms with Crippen molar-refractivity contribution >= 4 is 62.9 Å². The van der Waals surface area contributed by atoms with Gasteiger partial charge in [-0.3, -0.25) is 0 Å². The third kappa shape index (κ3) is 5.00. The fourth-order valence-corrected chi connectivity index (χ4v) is 24.7. The molecule has 0 amide bonds. The molecule has 8 fully saturated rings. The van der Waals surface area contributed by atoms with E-state index in [0.717, 1.165) is 23.7 Å².